The summed E-state index contributed by atoms with van der Waals surface area (Å²) in [5, 5.41) is 1.76. The molecule has 2 rings (SSSR count). The maximum Gasteiger partial charge on any atom is 0.418 e. The van der Waals surface area contributed by atoms with Crippen LogP contribution < -0.4 is 5.32 Å². The average molecular weight is 443 g/mol. The predicted molar refractivity (Wildman–Crippen MR) is 95.7 cm³/mol. The molecule has 1 unspecified atom stereocenters. The van der Waals surface area contributed by atoms with E-state index in [0.717, 1.165) is 17.0 Å². The third kappa shape index (κ3) is 5.58. The zero-order chi connectivity index (χ0) is 21.1. The summed E-state index contributed by atoms with van der Waals surface area (Å²) >= 11 is 5.58. The number of sulfone groups is 1. The highest BCUT2D eigenvalue weighted by molar-refractivity contribution is 7.91. The molecule has 12 heteroatoms. The van der Waals surface area contributed by atoms with E-state index in [1.54, 1.807) is 0 Å². The molecular formula is C16H18ClF3N2O5S. The van der Waals surface area contributed by atoms with E-state index in [0.29, 0.717) is 6.07 Å². The van der Waals surface area contributed by atoms with Gasteiger partial charge in [-0.15, -0.1) is 0 Å². The second kappa shape index (κ2) is 8.66. The van der Waals surface area contributed by atoms with Crippen LogP contribution in [-0.2, 0) is 30.3 Å². The number of carbonyl (C=O) groups excluding carboxylic acids is 2. The topological polar surface area (TPSA) is 92.8 Å². The van der Waals surface area contributed by atoms with Crippen LogP contribution in [0, 0.1) is 0 Å². The molecule has 1 heterocycles. The minimum absolute atomic E-state index is 0.0321. The van der Waals surface area contributed by atoms with Gasteiger partial charge in [0, 0.05) is 24.7 Å². The van der Waals surface area contributed by atoms with Crippen LogP contribution in [0.1, 0.15) is 12.0 Å². The summed E-state index contributed by atoms with van der Waals surface area (Å²) in [5.41, 5.74) is -1.82. The Balaban J connectivity index is 2.23. The van der Waals surface area contributed by atoms with Crippen LogP contribution in [0.4, 0.5) is 18.9 Å². The molecule has 1 aromatic carbocycles. The van der Waals surface area contributed by atoms with Crippen LogP contribution in [0.3, 0.4) is 0 Å². The molecule has 1 N–H and O–H groups in total. The van der Waals surface area contributed by atoms with Crippen molar-refractivity contribution in [1.82, 2.24) is 4.90 Å². The summed E-state index contributed by atoms with van der Waals surface area (Å²) in [6.45, 7) is -0.0417. The second-order valence-corrected chi connectivity index (χ2v) is 8.86. The molecule has 0 aliphatic carbocycles. The second-order valence-electron chi connectivity index (χ2n) is 6.19. The molecule has 7 nitrogen and oxygen atoms in total. The lowest BCUT2D eigenvalue weighted by Gasteiger charge is -2.27. The van der Waals surface area contributed by atoms with Crippen molar-refractivity contribution in [3.05, 3.63) is 28.8 Å². The van der Waals surface area contributed by atoms with E-state index in [4.69, 9.17) is 16.3 Å². The fourth-order valence-corrected chi connectivity index (χ4v) is 4.73. The van der Waals surface area contributed by atoms with E-state index >= 15 is 0 Å². The quantitative estimate of drug-likeness (QED) is 0.704. The van der Waals surface area contributed by atoms with E-state index in [2.05, 4.69) is 0 Å². The molecule has 28 heavy (non-hydrogen) atoms. The molecule has 0 aromatic heterocycles. The van der Waals surface area contributed by atoms with Gasteiger partial charge in [0.05, 0.1) is 29.4 Å². The number of hydrogen-bond donors (Lipinski definition) is 1. The van der Waals surface area contributed by atoms with Gasteiger partial charge in [0.25, 0.3) is 0 Å². The number of rotatable bonds is 5. The lowest BCUT2D eigenvalue weighted by Crippen LogP contribution is -2.48. The van der Waals surface area contributed by atoms with Crippen LogP contribution in [0.2, 0.25) is 5.02 Å². The van der Waals surface area contributed by atoms with Gasteiger partial charge in [-0.3, -0.25) is 9.59 Å². The molecule has 0 bridgehead atoms. The van der Waals surface area contributed by atoms with Gasteiger partial charge in [0.1, 0.15) is 0 Å². The van der Waals surface area contributed by atoms with E-state index < -0.39 is 45.1 Å². The molecule has 1 fully saturated rings. The summed E-state index contributed by atoms with van der Waals surface area (Å²) in [6.07, 6.45) is -4.66. The summed E-state index contributed by atoms with van der Waals surface area (Å²) in [7, 11) is -1.99. The third-order valence-electron chi connectivity index (χ3n) is 4.18. The highest BCUT2D eigenvalue weighted by atomic mass is 35.5. The van der Waals surface area contributed by atoms with Crippen molar-refractivity contribution in [1.29, 1.82) is 0 Å². The first kappa shape index (κ1) is 22.4. The van der Waals surface area contributed by atoms with Crippen LogP contribution in [-0.4, -0.2) is 62.9 Å². The minimum atomic E-state index is -4.80. The molecule has 2 amide bonds. The molecular weight excluding hydrogens is 425 g/mol. The standard InChI is InChI=1S/C16H18ClF3N2O5S/c1-27-6-5-22(11-4-7-28(25,26)9-11)15(24)14(23)21-13-3-2-10(17)8-12(13)16(18,19)20/h2-3,8,11H,4-7,9H2,1H3,(H,21,23). The van der Waals surface area contributed by atoms with Crippen LogP contribution >= 0.6 is 11.6 Å². The fourth-order valence-electron chi connectivity index (χ4n) is 2.83. The summed E-state index contributed by atoms with van der Waals surface area (Å²) in [4.78, 5) is 25.9. The Hall–Kier alpha value is -1.85. The molecule has 1 aromatic rings. The Morgan fingerprint density at radius 2 is 2.04 bits per heavy atom. The molecule has 156 valence electrons. The van der Waals surface area contributed by atoms with Crippen molar-refractivity contribution >= 4 is 38.9 Å². The fraction of sp³-hybridized carbons (Fsp3) is 0.500. The zero-order valence-corrected chi connectivity index (χ0v) is 16.3. The lowest BCUT2D eigenvalue weighted by atomic mass is 10.1. The van der Waals surface area contributed by atoms with Gasteiger partial charge in [-0.1, -0.05) is 11.6 Å². The van der Waals surface area contributed by atoms with E-state index in [-0.39, 0.29) is 36.1 Å². The number of ether oxygens (including phenoxy) is 1. The summed E-state index contributed by atoms with van der Waals surface area (Å²) in [6, 6.07) is 1.97. The Kier molecular flexibility index (Phi) is 6.94. The number of amides is 2. The average Bonchev–Trinajstić information content (AvgIpc) is 2.95. The van der Waals surface area contributed by atoms with Gasteiger partial charge in [-0.05, 0) is 24.6 Å². The highest BCUT2D eigenvalue weighted by Crippen LogP contribution is 2.36. The zero-order valence-electron chi connectivity index (χ0n) is 14.8. The van der Waals surface area contributed by atoms with E-state index in [1.807, 2.05) is 5.32 Å². The first-order valence-electron chi connectivity index (χ1n) is 8.12. The number of alkyl halides is 3. The molecule has 1 aliphatic rings. The smallest absolute Gasteiger partial charge is 0.383 e. The Morgan fingerprint density at radius 3 is 2.57 bits per heavy atom. The number of carbonyl (C=O) groups is 2. The van der Waals surface area contributed by atoms with Gasteiger partial charge in [-0.25, -0.2) is 8.42 Å². The first-order chi connectivity index (χ1) is 12.9. The maximum absolute atomic E-state index is 13.1. The van der Waals surface area contributed by atoms with Gasteiger partial charge in [0.15, 0.2) is 9.84 Å². The minimum Gasteiger partial charge on any atom is -0.383 e. The van der Waals surface area contributed by atoms with Crippen molar-refractivity contribution in [3.63, 3.8) is 0 Å². The Labute approximate surface area is 164 Å². The number of anilines is 1. The van der Waals surface area contributed by atoms with Gasteiger partial charge < -0.3 is 15.0 Å². The molecule has 1 saturated heterocycles. The van der Waals surface area contributed by atoms with Crippen LogP contribution in [0.5, 0.6) is 0 Å². The third-order valence-corrected chi connectivity index (χ3v) is 6.16. The number of nitrogens with one attached hydrogen (secondary N) is 1. The first-order valence-corrected chi connectivity index (χ1v) is 10.3. The van der Waals surface area contributed by atoms with Crippen LogP contribution in [0.15, 0.2) is 18.2 Å². The summed E-state index contributed by atoms with van der Waals surface area (Å²) < 4.78 is 67.7. The monoisotopic (exact) mass is 442 g/mol. The lowest BCUT2D eigenvalue weighted by molar-refractivity contribution is -0.145. The van der Waals surface area contributed by atoms with Crippen molar-refractivity contribution in [2.75, 3.05) is 37.1 Å². The molecule has 0 saturated carbocycles. The normalized spacial score (nSPS) is 18.7. The molecule has 1 atom stereocenters. The molecule has 0 radical (unpaired) electrons. The Bertz CT molecular complexity index is 860. The maximum atomic E-state index is 13.1. The van der Waals surface area contributed by atoms with Crippen molar-refractivity contribution in [2.24, 2.45) is 0 Å². The van der Waals surface area contributed by atoms with Gasteiger partial charge >= 0.3 is 18.0 Å². The van der Waals surface area contributed by atoms with Crippen molar-refractivity contribution < 1.29 is 35.9 Å². The molecule has 1 aliphatic heterocycles. The van der Waals surface area contributed by atoms with E-state index in [9.17, 15) is 31.2 Å². The van der Waals surface area contributed by atoms with Gasteiger partial charge in [0.2, 0.25) is 0 Å². The number of halogens is 4. The van der Waals surface area contributed by atoms with E-state index in [1.165, 1.54) is 7.11 Å². The number of benzene rings is 1. The Morgan fingerprint density at radius 1 is 1.36 bits per heavy atom. The predicted octanol–water partition coefficient (Wildman–Crippen LogP) is 1.96. The molecule has 0 spiro atoms. The number of methoxy groups -OCH3 is 1. The SMILES string of the molecule is COCCN(C(=O)C(=O)Nc1ccc(Cl)cc1C(F)(F)F)C1CCS(=O)(=O)C1. The summed E-state index contributed by atoms with van der Waals surface area (Å²) in [5.74, 6) is -2.90. The van der Waals surface area contributed by atoms with Crippen molar-refractivity contribution in [2.45, 2.75) is 18.6 Å². The van der Waals surface area contributed by atoms with Crippen molar-refractivity contribution in [3.8, 4) is 0 Å². The van der Waals surface area contributed by atoms with Gasteiger partial charge in [-0.2, -0.15) is 13.2 Å². The highest BCUT2D eigenvalue weighted by Gasteiger charge is 2.38. The van der Waals surface area contributed by atoms with Crippen LogP contribution in [0.25, 0.3) is 0 Å². The number of hydrogen-bond acceptors (Lipinski definition) is 5. The number of nitrogens with zero attached hydrogens (tertiary/aromatic N) is 1. The largest absolute Gasteiger partial charge is 0.418 e.